The molecule has 0 spiro atoms. The first-order valence-corrected chi connectivity index (χ1v) is 14.8. The highest BCUT2D eigenvalue weighted by atomic mass is 16.6. The number of benzene rings is 3. The maximum absolute atomic E-state index is 12.8. The standard InChI is InChI=1S/C36H38O7/c1-4-6-7-8-9-32(33-24-25(3)35(38)43-33)41-30-21-17-29(18-22-30)36(39)42-31-19-15-28(16-20-31)27-13-10-26(11-14-27)12-23-34(37)40-5-2/h10-23,32-33H,3-9,24H2,1-2H3/b23-12+. The Balaban J connectivity index is 1.33. The minimum absolute atomic E-state index is 0.284. The van der Waals surface area contributed by atoms with E-state index in [0.29, 0.717) is 35.7 Å². The molecule has 3 aromatic carbocycles. The van der Waals surface area contributed by atoms with Crippen LogP contribution in [0.5, 0.6) is 11.5 Å². The molecular formula is C36H38O7. The van der Waals surface area contributed by atoms with Crippen LogP contribution >= 0.6 is 0 Å². The molecule has 1 aliphatic heterocycles. The summed E-state index contributed by atoms with van der Waals surface area (Å²) in [6, 6.07) is 21.8. The summed E-state index contributed by atoms with van der Waals surface area (Å²) in [5.74, 6) is -0.190. The lowest BCUT2D eigenvalue weighted by atomic mass is 10.0. The summed E-state index contributed by atoms with van der Waals surface area (Å²) in [6.07, 6.45) is 8.04. The molecule has 4 rings (SSSR count). The van der Waals surface area contributed by atoms with Crippen molar-refractivity contribution in [1.29, 1.82) is 0 Å². The first-order chi connectivity index (χ1) is 20.9. The van der Waals surface area contributed by atoms with Crippen molar-refractivity contribution in [2.45, 2.75) is 64.6 Å². The van der Waals surface area contributed by atoms with Gasteiger partial charge in [0.25, 0.3) is 0 Å². The van der Waals surface area contributed by atoms with Crippen LogP contribution in [0.25, 0.3) is 17.2 Å². The SMILES string of the molecule is C=C1CC(C(CCCCCC)Oc2ccc(C(=O)Oc3ccc(-c4ccc(/C=C/C(=O)OCC)cc4)cc3)cc2)OC1=O. The Morgan fingerprint density at radius 2 is 1.56 bits per heavy atom. The van der Waals surface area contributed by atoms with Crippen LogP contribution in [0.4, 0.5) is 0 Å². The Hall–Kier alpha value is -4.65. The van der Waals surface area contributed by atoms with Crippen molar-refractivity contribution >= 4 is 24.0 Å². The van der Waals surface area contributed by atoms with Crippen molar-refractivity contribution in [1.82, 2.24) is 0 Å². The molecule has 0 aromatic heterocycles. The van der Waals surface area contributed by atoms with Crippen LogP contribution in [-0.2, 0) is 19.1 Å². The third-order valence-electron chi connectivity index (χ3n) is 7.14. The van der Waals surface area contributed by atoms with Gasteiger partial charge < -0.3 is 18.9 Å². The van der Waals surface area contributed by atoms with Gasteiger partial charge in [0.15, 0.2) is 0 Å². The number of unbranched alkanes of at least 4 members (excludes halogenated alkanes) is 3. The van der Waals surface area contributed by atoms with E-state index < -0.39 is 5.97 Å². The van der Waals surface area contributed by atoms with Crippen molar-refractivity contribution in [2.75, 3.05) is 6.61 Å². The summed E-state index contributed by atoms with van der Waals surface area (Å²) in [4.78, 5) is 36.2. The van der Waals surface area contributed by atoms with Crippen molar-refractivity contribution in [2.24, 2.45) is 0 Å². The maximum atomic E-state index is 12.8. The second-order valence-corrected chi connectivity index (χ2v) is 10.4. The monoisotopic (exact) mass is 582 g/mol. The van der Waals surface area contributed by atoms with Crippen LogP contribution in [0.3, 0.4) is 0 Å². The Kier molecular flexibility index (Phi) is 11.3. The molecule has 0 saturated carbocycles. The van der Waals surface area contributed by atoms with E-state index in [1.807, 2.05) is 36.4 Å². The summed E-state index contributed by atoms with van der Waals surface area (Å²) in [5.41, 5.74) is 3.69. The smallest absolute Gasteiger partial charge is 0.343 e. The van der Waals surface area contributed by atoms with E-state index in [2.05, 4.69) is 13.5 Å². The first-order valence-electron chi connectivity index (χ1n) is 14.8. The summed E-state index contributed by atoms with van der Waals surface area (Å²) in [5, 5.41) is 0. The van der Waals surface area contributed by atoms with Crippen molar-refractivity contribution < 1.29 is 33.3 Å². The lowest BCUT2D eigenvalue weighted by Crippen LogP contribution is -2.31. The van der Waals surface area contributed by atoms with E-state index in [9.17, 15) is 14.4 Å². The Labute approximate surface area is 253 Å². The second-order valence-electron chi connectivity index (χ2n) is 10.4. The van der Waals surface area contributed by atoms with E-state index in [0.717, 1.165) is 48.8 Å². The predicted molar refractivity (Wildman–Crippen MR) is 166 cm³/mol. The molecule has 1 aliphatic rings. The van der Waals surface area contributed by atoms with Gasteiger partial charge in [-0.15, -0.1) is 0 Å². The van der Waals surface area contributed by atoms with Gasteiger partial charge in [-0.3, -0.25) is 0 Å². The fourth-order valence-corrected chi connectivity index (χ4v) is 4.76. The van der Waals surface area contributed by atoms with Crippen LogP contribution in [0.15, 0.2) is 91.0 Å². The third kappa shape index (κ3) is 9.17. The van der Waals surface area contributed by atoms with Gasteiger partial charge >= 0.3 is 17.9 Å². The Morgan fingerprint density at radius 1 is 0.907 bits per heavy atom. The number of rotatable bonds is 14. The molecule has 2 atom stereocenters. The van der Waals surface area contributed by atoms with E-state index in [4.69, 9.17) is 18.9 Å². The molecule has 7 nitrogen and oxygen atoms in total. The fraction of sp³-hybridized carbons (Fsp3) is 0.306. The maximum Gasteiger partial charge on any atom is 0.343 e. The van der Waals surface area contributed by atoms with Crippen LogP contribution < -0.4 is 9.47 Å². The molecule has 7 heteroatoms. The molecule has 0 radical (unpaired) electrons. The molecule has 3 aromatic rings. The lowest BCUT2D eigenvalue weighted by molar-refractivity contribution is -0.142. The number of hydrogen-bond donors (Lipinski definition) is 0. The zero-order chi connectivity index (χ0) is 30.6. The summed E-state index contributed by atoms with van der Waals surface area (Å²) >= 11 is 0. The van der Waals surface area contributed by atoms with Gasteiger partial charge in [-0.2, -0.15) is 0 Å². The number of ether oxygens (including phenoxy) is 4. The van der Waals surface area contributed by atoms with Crippen LogP contribution in [-0.4, -0.2) is 36.7 Å². The van der Waals surface area contributed by atoms with E-state index in [1.165, 1.54) is 6.08 Å². The number of hydrogen-bond acceptors (Lipinski definition) is 7. The largest absolute Gasteiger partial charge is 0.487 e. The van der Waals surface area contributed by atoms with Crippen LogP contribution in [0.1, 0.15) is 68.3 Å². The number of esters is 3. The molecule has 43 heavy (non-hydrogen) atoms. The van der Waals surface area contributed by atoms with E-state index in [1.54, 1.807) is 49.4 Å². The van der Waals surface area contributed by atoms with Crippen molar-refractivity contribution in [3.05, 3.63) is 102 Å². The summed E-state index contributed by atoms with van der Waals surface area (Å²) < 4.78 is 22.2. The second kappa shape index (κ2) is 15.5. The van der Waals surface area contributed by atoms with Crippen LogP contribution in [0.2, 0.25) is 0 Å². The summed E-state index contributed by atoms with van der Waals surface area (Å²) in [7, 11) is 0. The van der Waals surface area contributed by atoms with Gasteiger partial charge in [-0.05, 0) is 78.9 Å². The average Bonchev–Trinajstić information content (AvgIpc) is 3.36. The minimum atomic E-state index is -0.478. The van der Waals surface area contributed by atoms with Crippen molar-refractivity contribution in [3.63, 3.8) is 0 Å². The van der Waals surface area contributed by atoms with E-state index >= 15 is 0 Å². The average molecular weight is 583 g/mol. The minimum Gasteiger partial charge on any atom is -0.487 e. The molecule has 0 aliphatic carbocycles. The van der Waals surface area contributed by atoms with Gasteiger partial charge in [0.05, 0.1) is 12.2 Å². The van der Waals surface area contributed by atoms with Gasteiger partial charge in [0.1, 0.15) is 23.7 Å². The normalized spacial score (nSPS) is 15.3. The molecule has 2 unspecified atom stereocenters. The molecule has 0 amide bonds. The fourth-order valence-electron chi connectivity index (χ4n) is 4.76. The highest BCUT2D eigenvalue weighted by Gasteiger charge is 2.35. The highest BCUT2D eigenvalue weighted by molar-refractivity contribution is 5.91. The molecule has 1 heterocycles. The number of cyclic esters (lactones) is 1. The number of carbonyl (C=O) groups excluding carboxylic acids is 3. The Morgan fingerprint density at radius 3 is 2.16 bits per heavy atom. The highest BCUT2D eigenvalue weighted by Crippen LogP contribution is 2.28. The molecular weight excluding hydrogens is 544 g/mol. The van der Waals surface area contributed by atoms with Crippen LogP contribution in [0, 0.1) is 0 Å². The van der Waals surface area contributed by atoms with Gasteiger partial charge in [0, 0.05) is 18.1 Å². The van der Waals surface area contributed by atoms with Crippen molar-refractivity contribution in [3.8, 4) is 22.6 Å². The zero-order valence-corrected chi connectivity index (χ0v) is 24.8. The topological polar surface area (TPSA) is 88.1 Å². The van der Waals surface area contributed by atoms with Gasteiger partial charge in [-0.1, -0.05) is 69.2 Å². The summed E-state index contributed by atoms with van der Waals surface area (Å²) in [6.45, 7) is 8.06. The van der Waals surface area contributed by atoms with E-state index in [-0.39, 0.29) is 24.1 Å². The van der Waals surface area contributed by atoms with Gasteiger partial charge in [-0.25, -0.2) is 14.4 Å². The molecule has 1 saturated heterocycles. The lowest BCUT2D eigenvalue weighted by Gasteiger charge is -2.24. The zero-order valence-electron chi connectivity index (χ0n) is 24.8. The first kappa shape index (κ1) is 31.3. The number of carbonyl (C=O) groups is 3. The quantitative estimate of drug-likeness (QED) is 0.0831. The molecule has 224 valence electrons. The Bertz CT molecular complexity index is 1400. The molecule has 0 bridgehead atoms. The molecule has 1 fully saturated rings. The molecule has 0 N–H and O–H groups in total. The van der Waals surface area contributed by atoms with Gasteiger partial charge in [0.2, 0.25) is 0 Å². The predicted octanol–water partition coefficient (Wildman–Crippen LogP) is 7.74. The third-order valence-corrected chi connectivity index (χ3v) is 7.14.